The van der Waals surface area contributed by atoms with Gasteiger partial charge >= 0.3 is 0 Å². The first-order valence-corrected chi connectivity index (χ1v) is 12.4. The molecule has 35 heavy (non-hydrogen) atoms. The summed E-state index contributed by atoms with van der Waals surface area (Å²) in [5.74, 6) is 0.247. The van der Waals surface area contributed by atoms with Gasteiger partial charge in [0, 0.05) is 50.3 Å². The molecule has 1 fully saturated rings. The number of likely N-dealkylation sites (N-methyl/N-ethyl adjacent to an activating group) is 1. The highest BCUT2D eigenvalue weighted by Gasteiger charge is 2.27. The van der Waals surface area contributed by atoms with Crippen LogP contribution < -0.4 is 20.7 Å². The molecule has 13 heteroatoms. The molecule has 0 bridgehead atoms. The lowest BCUT2D eigenvalue weighted by Gasteiger charge is -2.33. The van der Waals surface area contributed by atoms with Crippen LogP contribution in [0.3, 0.4) is 0 Å². The minimum absolute atomic E-state index is 0.0238. The molecule has 12 nitrogen and oxygen atoms in total. The van der Waals surface area contributed by atoms with Crippen molar-refractivity contribution in [1.82, 2.24) is 24.8 Å². The molecule has 4 heterocycles. The molecular formula is C22H26N8O4S. The molecule has 4 rings (SSSR count). The number of aromatic nitrogens is 4. The van der Waals surface area contributed by atoms with Gasteiger partial charge in [0.05, 0.1) is 12.2 Å². The quantitative estimate of drug-likeness (QED) is 0.477. The number of carbonyl (C=O) groups is 1. The van der Waals surface area contributed by atoms with Crippen LogP contribution >= 0.6 is 0 Å². The van der Waals surface area contributed by atoms with Gasteiger partial charge in [0.2, 0.25) is 21.6 Å². The molecule has 0 spiro atoms. The van der Waals surface area contributed by atoms with Crippen molar-refractivity contribution in [1.29, 1.82) is 0 Å². The van der Waals surface area contributed by atoms with Crippen LogP contribution in [-0.4, -0.2) is 78.4 Å². The van der Waals surface area contributed by atoms with Crippen molar-refractivity contribution >= 4 is 27.2 Å². The van der Waals surface area contributed by atoms with E-state index >= 15 is 0 Å². The predicted molar refractivity (Wildman–Crippen MR) is 128 cm³/mol. The predicted octanol–water partition coefficient (Wildman–Crippen LogP) is 0.929. The number of carbonyl (C=O) groups excluding carboxylic acids is 1. The Balaban J connectivity index is 1.70. The van der Waals surface area contributed by atoms with Crippen LogP contribution in [0.25, 0.3) is 0 Å². The fourth-order valence-corrected chi connectivity index (χ4v) is 4.38. The molecule has 1 aliphatic heterocycles. The minimum Gasteiger partial charge on any atom is -0.417 e. The molecule has 1 aliphatic rings. The van der Waals surface area contributed by atoms with Gasteiger partial charge in [-0.15, -0.1) is 0 Å². The normalized spacial score (nSPS) is 15.5. The Kier molecular flexibility index (Phi) is 7.19. The number of sulfone groups is 1. The van der Waals surface area contributed by atoms with E-state index in [0.717, 1.165) is 13.1 Å². The van der Waals surface area contributed by atoms with Crippen LogP contribution in [0.1, 0.15) is 6.92 Å². The SMILES string of the molecule is CC(N)C(=O)Nc1ccnc(S(=O)(=O)c2cnc(N3CCN(C)CC3)c(Oc3ccccn3)n2)c1. The summed E-state index contributed by atoms with van der Waals surface area (Å²) in [4.78, 5) is 32.9. The number of piperazine rings is 1. The number of hydrogen-bond donors (Lipinski definition) is 2. The summed E-state index contributed by atoms with van der Waals surface area (Å²) < 4.78 is 32.6. The zero-order valence-corrected chi connectivity index (χ0v) is 20.1. The number of nitrogens with two attached hydrogens (primary N) is 1. The maximum Gasteiger partial charge on any atom is 0.265 e. The topological polar surface area (TPSA) is 157 Å². The number of nitrogens with zero attached hydrogens (tertiary/aromatic N) is 6. The fourth-order valence-electron chi connectivity index (χ4n) is 3.29. The van der Waals surface area contributed by atoms with E-state index in [2.05, 4.69) is 30.2 Å². The minimum atomic E-state index is -4.18. The van der Waals surface area contributed by atoms with Gasteiger partial charge < -0.3 is 25.6 Å². The van der Waals surface area contributed by atoms with Gasteiger partial charge in [0.25, 0.3) is 5.88 Å². The average Bonchev–Trinajstić information content (AvgIpc) is 2.85. The van der Waals surface area contributed by atoms with Crippen LogP contribution in [0.15, 0.2) is 59.0 Å². The van der Waals surface area contributed by atoms with Crippen molar-refractivity contribution in [3.63, 3.8) is 0 Å². The molecule has 3 N–H and O–H groups in total. The van der Waals surface area contributed by atoms with E-state index in [4.69, 9.17) is 10.5 Å². The molecule has 1 saturated heterocycles. The summed E-state index contributed by atoms with van der Waals surface area (Å²) in [7, 11) is -2.15. The van der Waals surface area contributed by atoms with Gasteiger partial charge in [-0.3, -0.25) is 4.79 Å². The van der Waals surface area contributed by atoms with Crippen molar-refractivity contribution < 1.29 is 17.9 Å². The summed E-state index contributed by atoms with van der Waals surface area (Å²) >= 11 is 0. The van der Waals surface area contributed by atoms with Crippen molar-refractivity contribution in [2.45, 2.75) is 23.0 Å². The van der Waals surface area contributed by atoms with Gasteiger partial charge in [-0.05, 0) is 32.2 Å². The Hall–Kier alpha value is -3.68. The Morgan fingerprint density at radius 3 is 2.54 bits per heavy atom. The van der Waals surface area contributed by atoms with Crippen molar-refractivity contribution in [3.8, 4) is 11.8 Å². The van der Waals surface area contributed by atoms with Crippen LogP contribution in [0.2, 0.25) is 0 Å². The van der Waals surface area contributed by atoms with Crippen LogP contribution in [0, 0.1) is 0 Å². The van der Waals surface area contributed by atoms with Gasteiger partial charge in [-0.1, -0.05) is 6.07 Å². The van der Waals surface area contributed by atoms with Gasteiger partial charge in [-0.2, -0.15) is 4.98 Å². The maximum atomic E-state index is 13.3. The van der Waals surface area contributed by atoms with E-state index in [1.54, 1.807) is 24.4 Å². The van der Waals surface area contributed by atoms with E-state index in [1.807, 2.05) is 11.9 Å². The van der Waals surface area contributed by atoms with Gasteiger partial charge in [-0.25, -0.2) is 23.4 Å². The number of pyridine rings is 2. The van der Waals surface area contributed by atoms with E-state index < -0.39 is 21.8 Å². The zero-order valence-electron chi connectivity index (χ0n) is 19.3. The molecule has 184 valence electrons. The first kappa shape index (κ1) is 24.4. The van der Waals surface area contributed by atoms with Crippen LogP contribution in [0.5, 0.6) is 11.8 Å². The summed E-state index contributed by atoms with van der Waals surface area (Å²) in [6.45, 7) is 4.51. The van der Waals surface area contributed by atoms with E-state index in [0.29, 0.717) is 18.9 Å². The zero-order chi connectivity index (χ0) is 25.0. The van der Waals surface area contributed by atoms with Gasteiger partial charge in [0.15, 0.2) is 15.9 Å². The molecule has 1 amide bonds. The standard InChI is InChI=1S/C22H26N8O4S/c1-15(23)21(31)27-16-6-8-25-18(13-16)35(32,33)19-14-26-20(30-11-9-29(2)10-12-30)22(28-19)34-17-5-3-4-7-24-17/h3-8,13-15H,9-12,23H2,1-2H3,(H,25,27,31). The number of anilines is 2. The Bertz CT molecular complexity index is 1300. The van der Waals surface area contributed by atoms with E-state index in [1.165, 1.54) is 31.5 Å². The number of hydrogen-bond acceptors (Lipinski definition) is 11. The van der Waals surface area contributed by atoms with Crippen molar-refractivity contribution in [3.05, 3.63) is 48.9 Å². The monoisotopic (exact) mass is 498 g/mol. The lowest BCUT2D eigenvalue weighted by Crippen LogP contribution is -2.45. The largest absolute Gasteiger partial charge is 0.417 e. The second-order valence-electron chi connectivity index (χ2n) is 8.06. The Morgan fingerprint density at radius 1 is 1.09 bits per heavy atom. The molecule has 0 saturated carbocycles. The number of nitrogens with one attached hydrogen (secondary N) is 1. The highest BCUT2D eigenvalue weighted by Crippen LogP contribution is 2.31. The Labute approximate surface area is 203 Å². The fraction of sp³-hybridized carbons (Fsp3) is 0.318. The van der Waals surface area contributed by atoms with Gasteiger partial charge in [0.1, 0.15) is 0 Å². The summed E-state index contributed by atoms with van der Waals surface area (Å²) in [5.41, 5.74) is 5.82. The molecule has 0 radical (unpaired) electrons. The van der Waals surface area contributed by atoms with Crippen LogP contribution in [0.4, 0.5) is 11.5 Å². The van der Waals surface area contributed by atoms with E-state index in [9.17, 15) is 13.2 Å². The van der Waals surface area contributed by atoms with Crippen molar-refractivity contribution in [2.75, 3.05) is 43.4 Å². The molecule has 1 atom stereocenters. The number of ether oxygens (including phenoxy) is 1. The lowest BCUT2D eigenvalue weighted by molar-refractivity contribution is -0.117. The highest BCUT2D eigenvalue weighted by atomic mass is 32.2. The second-order valence-corrected chi connectivity index (χ2v) is 9.90. The molecule has 1 unspecified atom stereocenters. The number of rotatable bonds is 7. The third-order valence-electron chi connectivity index (χ3n) is 5.31. The highest BCUT2D eigenvalue weighted by molar-refractivity contribution is 7.91. The summed E-state index contributed by atoms with van der Waals surface area (Å²) in [6.07, 6.45) is 4.02. The summed E-state index contributed by atoms with van der Waals surface area (Å²) in [5, 5.41) is 1.91. The van der Waals surface area contributed by atoms with Crippen molar-refractivity contribution in [2.24, 2.45) is 5.73 Å². The second kappa shape index (κ2) is 10.3. The third-order valence-corrected chi connectivity index (χ3v) is 6.83. The molecule has 3 aromatic heterocycles. The number of amides is 1. The lowest BCUT2D eigenvalue weighted by atomic mass is 10.3. The summed E-state index contributed by atoms with van der Waals surface area (Å²) in [6, 6.07) is 7.08. The average molecular weight is 499 g/mol. The molecular weight excluding hydrogens is 472 g/mol. The Morgan fingerprint density at radius 2 is 1.86 bits per heavy atom. The molecule has 0 aliphatic carbocycles. The third kappa shape index (κ3) is 5.70. The van der Waals surface area contributed by atoms with E-state index in [-0.39, 0.29) is 27.5 Å². The first-order valence-electron chi connectivity index (χ1n) is 10.9. The molecule has 3 aromatic rings. The first-order chi connectivity index (χ1) is 16.7. The van der Waals surface area contributed by atoms with Crippen LogP contribution in [-0.2, 0) is 14.6 Å². The smallest absolute Gasteiger partial charge is 0.265 e. The maximum absolute atomic E-state index is 13.3. The molecule has 0 aromatic carbocycles.